The Morgan fingerprint density at radius 2 is 1.80 bits per heavy atom. The van der Waals surface area contributed by atoms with Gasteiger partial charge in [0, 0.05) is 41.0 Å². The quantitative estimate of drug-likeness (QED) is 0.276. The van der Waals surface area contributed by atoms with Crippen LogP contribution in [0.25, 0.3) is 0 Å². The molecule has 214 valence electrons. The van der Waals surface area contributed by atoms with E-state index in [1.807, 2.05) is 44.2 Å². The number of terminal acetylenes is 1. The number of amides is 3. The Morgan fingerprint density at radius 1 is 1.12 bits per heavy atom. The highest BCUT2D eigenvalue weighted by atomic mass is 32.2. The summed E-state index contributed by atoms with van der Waals surface area (Å²) in [7, 11) is 0. The minimum absolute atomic E-state index is 0.0349. The van der Waals surface area contributed by atoms with Gasteiger partial charge in [-0.2, -0.15) is 11.8 Å². The summed E-state index contributed by atoms with van der Waals surface area (Å²) in [6.07, 6.45) is 4.30. The third kappa shape index (κ3) is 8.19. The first-order chi connectivity index (χ1) is 19.1. The van der Waals surface area contributed by atoms with E-state index in [9.17, 15) is 24.6 Å². The molecule has 8 nitrogen and oxygen atoms in total. The zero-order valence-corrected chi connectivity index (χ0v) is 24.7. The van der Waals surface area contributed by atoms with Crippen LogP contribution in [0.2, 0.25) is 0 Å². The molecule has 3 rings (SSSR count). The van der Waals surface area contributed by atoms with Gasteiger partial charge in [-0.05, 0) is 31.0 Å². The summed E-state index contributed by atoms with van der Waals surface area (Å²) in [4.78, 5) is 43.5. The molecule has 0 bridgehead atoms. The Morgan fingerprint density at radius 3 is 2.42 bits per heavy atom. The van der Waals surface area contributed by atoms with E-state index in [4.69, 9.17) is 6.42 Å². The fraction of sp³-hybridized carbons (Fsp3) is 0.433. The van der Waals surface area contributed by atoms with Crippen molar-refractivity contribution in [3.8, 4) is 18.1 Å². The number of hydrogen-bond donors (Lipinski definition) is 3. The molecular formula is C30H37N3O5S2. The summed E-state index contributed by atoms with van der Waals surface area (Å²) < 4.78 is 0. The highest BCUT2D eigenvalue weighted by Gasteiger charge is 2.38. The van der Waals surface area contributed by atoms with E-state index in [1.165, 1.54) is 22.7 Å². The third-order valence-electron chi connectivity index (χ3n) is 6.66. The first-order valence-electron chi connectivity index (χ1n) is 13.2. The number of carbonyl (C=O) groups is 3. The molecule has 1 fully saturated rings. The summed E-state index contributed by atoms with van der Waals surface area (Å²) in [6, 6.07) is 11.6. The second-order valence-corrected chi connectivity index (χ2v) is 12.6. The van der Waals surface area contributed by atoms with E-state index in [-0.39, 0.29) is 34.8 Å². The topological polar surface area (TPSA) is 110 Å². The summed E-state index contributed by atoms with van der Waals surface area (Å²) in [5, 5.41) is 24.5. The number of carbonyl (C=O) groups excluding carboxylic acids is 3. The molecule has 1 aliphatic rings. The lowest BCUT2D eigenvalue weighted by Crippen LogP contribution is -2.58. The molecule has 0 radical (unpaired) electrons. The molecule has 10 heteroatoms. The molecule has 1 saturated heterocycles. The van der Waals surface area contributed by atoms with Gasteiger partial charge in [0.05, 0.1) is 11.9 Å². The lowest BCUT2D eigenvalue weighted by molar-refractivity contribution is -0.148. The number of nitrogens with one attached hydrogen (secondary N) is 1. The smallest absolute Gasteiger partial charge is 0.258 e. The molecule has 1 aliphatic heterocycles. The predicted octanol–water partition coefficient (Wildman–Crippen LogP) is 2.91. The number of phenols is 1. The fourth-order valence-corrected chi connectivity index (χ4v) is 5.95. The van der Waals surface area contributed by atoms with E-state index in [0.717, 1.165) is 17.1 Å². The van der Waals surface area contributed by atoms with Gasteiger partial charge in [-0.15, -0.1) is 18.2 Å². The van der Waals surface area contributed by atoms with E-state index in [0.29, 0.717) is 18.7 Å². The Hall–Kier alpha value is -3.13. The van der Waals surface area contributed by atoms with Gasteiger partial charge in [0.25, 0.3) is 17.7 Å². The largest absolute Gasteiger partial charge is 0.508 e. The SMILES string of the molecule is C#C[C@@H](C(=O)N1CCSCC1)N(CSC(C)C)C(=O)[C@@H](O)C(Cc1ccccc1)NC(=O)c1cccc(O)c1C. The summed E-state index contributed by atoms with van der Waals surface area (Å²) >= 11 is 3.18. The molecule has 0 aliphatic carbocycles. The Bertz CT molecular complexity index is 1210. The standard InChI is InChI=1S/C30H37N3O5S2/c1-5-25(29(37)32-14-16-39-17-15-32)33(19-40-20(2)3)30(38)27(35)24(18-22-10-7-6-8-11-22)31-28(36)23-12-9-13-26(34)21(23)4/h1,6-13,20,24-25,27,34-35H,14-19H2,2-4H3,(H,31,36)/t24?,25-,27-/m0/s1. The van der Waals surface area contributed by atoms with Gasteiger partial charge >= 0.3 is 0 Å². The van der Waals surface area contributed by atoms with Crippen molar-refractivity contribution < 1.29 is 24.6 Å². The molecule has 40 heavy (non-hydrogen) atoms. The van der Waals surface area contributed by atoms with Crippen LogP contribution in [0.5, 0.6) is 5.75 Å². The van der Waals surface area contributed by atoms with Gasteiger partial charge in [-0.3, -0.25) is 14.4 Å². The molecule has 1 unspecified atom stereocenters. The molecule has 3 amide bonds. The maximum Gasteiger partial charge on any atom is 0.258 e. The van der Waals surface area contributed by atoms with Crippen LogP contribution in [0.4, 0.5) is 0 Å². The van der Waals surface area contributed by atoms with Gasteiger partial charge in [0.15, 0.2) is 12.1 Å². The van der Waals surface area contributed by atoms with Crippen molar-refractivity contribution in [1.29, 1.82) is 0 Å². The van der Waals surface area contributed by atoms with Crippen molar-refractivity contribution in [2.75, 3.05) is 30.5 Å². The predicted molar refractivity (Wildman–Crippen MR) is 161 cm³/mol. The van der Waals surface area contributed by atoms with Crippen molar-refractivity contribution >= 4 is 41.2 Å². The van der Waals surface area contributed by atoms with Crippen LogP contribution in [0.15, 0.2) is 48.5 Å². The number of thioether (sulfide) groups is 2. The second kappa shape index (κ2) is 15.0. The van der Waals surface area contributed by atoms with Gasteiger partial charge in [-0.1, -0.05) is 56.2 Å². The first kappa shape index (κ1) is 31.4. The van der Waals surface area contributed by atoms with Crippen LogP contribution >= 0.6 is 23.5 Å². The maximum atomic E-state index is 13.9. The van der Waals surface area contributed by atoms with Gasteiger partial charge in [-0.25, -0.2) is 0 Å². The molecule has 0 saturated carbocycles. The highest BCUT2D eigenvalue weighted by Crippen LogP contribution is 2.22. The first-order valence-corrected chi connectivity index (χ1v) is 15.4. The zero-order chi connectivity index (χ0) is 29.2. The maximum absolute atomic E-state index is 13.9. The summed E-state index contributed by atoms with van der Waals surface area (Å²) in [5.41, 5.74) is 1.40. The third-order valence-corrected chi connectivity index (χ3v) is 8.69. The number of aromatic hydroxyl groups is 1. The molecule has 3 atom stereocenters. The molecular weight excluding hydrogens is 546 g/mol. The van der Waals surface area contributed by atoms with Crippen molar-refractivity contribution in [3.05, 3.63) is 65.2 Å². The molecule has 2 aromatic rings. The van der Waals surface area contributed by atoms with Crippen molar-refractivity contribution in [2.45, 2.75) is 50.6 Å². The molecule has 0 spiro atoms. The van der Waals surface area contributed by atoms with Crippen LogP contribution in [0.1, 0.15) is 35.3 Å². The molecule has 2 aromatic carbocycles. The number of rotatable bonds is 11. The van der Waals surface area contributed by atoms with Crippen LogP contribution in [-0.2, 0) is 16.0 Å². The highest BCUT2D eigenvalue weighted by molar-refractivity contribution is 7.99. The molecule has 1 heterocycles. The van der Waals surface area contributed by atoms with Crippen molar-refractivity contribution in [1.82, 2.24) is 15.1 Å². The second-order valence-electron chi connectivity index (χ2n) is 9.82. The monoisotopic (exact) mass is 583 g/mol. The number of nitrogens with zero attached hydrogens (tertiary/aromatic N) is 2. The van der Waals surface area contributed by atoms with E-state index in [2.05, 4.69) is 11.2 Å². The van der Waals surface area contributed by atoms with Crippen LogP contribution in [0, 0.1) is 19.3 Å². The minimum Gasteiger partial charge on any atom is -0.508 e. The van der Waals surface area contributed by atoms with Crippen LogP contribution in [0.3, 0.4) is 0 Å². The van der Waals surface area contributed by atoms with E-state index < -0.39 is 30.0 Å². The number of aliphatic hydroxyl groups is 1. The number of benzene rings is 2. The number of hydrogen-bond acceptors (Lipinski definition) is 7. The van der Waals surface area contributed by atoms with Gasteiger partial charge < -0.3 is 25.3 Å². The number of aliphatic hydroxyl groups excluding tert-OH is 1. The van der Waals surface area contributed by atoms with Crippen molar-refractivity contribution in [2.24, 2.45) is 0 Å². The normalized spacial score (nSPS) is 15.6. The van der Waals surface area contributed by atoms with Gasteiger partial charge in [0.2, 0.25) is 0 Å². The van der Waals surface area contributed by atoms with E-state index >= 15 is 0 Å². The van der Waals surface area contributed by atoms with E-state index in [1.54, 1.807) is 35.7 Å². The lowest BCUT2D eigenvalue weighted by atomic mass is 9.98. The molecule has 0 aromatic heterocycles. The Kier molecular flexibility index (Phi) is 11.8. The van der Waals surface area contributed by atoms with Crippen molar-refractivity contribution in [3.63, 3.8) is 0 Å². The fourth-order valence-electron chi connectivity index (χ4n) is 4.31. The lowest BCUT2D eigenvalue weighted by Gasteiger charge is -2.36. The Labute approximate surface area is 244 Å². The summed E-state index contributed by atoms with van der Waals surface area (Å²) in [6.45, 7) is 6.63. The van der Waals surface area contributed by atoms with Gasteiger partial charge in [0.1, 0.15) is 5.75 Å². The Balaban J connectivity index is 1.92. The summed E-state index contributed by atoms with van der Waals surface area (Å²) in [5.74, 6) is 2.53. The minimum atomic E-state index is -1.69. The average molecular weight is 584 g/mol. The van der Waals surface area contributed by atoms with Crippen LogP contribution < -0.4 is 5.32 Å². The average Bonchev–Trinajstić information content (AvgIpc) is 2.96. The molecule has 3 N–H and O–H groups in total. The van der Waals surface area contributed by atoms with Crippen LogP contribution in [-0.4, -0.2) is 91.6 Å². The zero-order valence-electron chi connectivity index (χ0n) is 23.1. The number of phenolic OH excluding ortho intramolecular Hbond substituents is 1.